The second-order valence-electron chi connectivity index (χ2n) is 7.63. The molecular formula is C22H23F3N6OS. The lowest BCUT2D eigenvalue weighted by molar-refractivity contribution is 0.240. The first kappa shape index (κ1) is 23.0. The molecule has 33 heavy (non-hydrogen) atoms. The van der Waals surface area contributed by atoms with Gasteiger partial charge in [0, 0.05) is 63.3 Å². The number of carbonyl (C=O) groups is 1. The zero-order chi connectivity index (χ0) is 23.2. The van der Waals surface area contributed by atoms with E-state index >= 15 is 0 Å². The monoisotopic (exact) mass is 476 g/mol. The first-order valence-corrected chi connectivity index (χ1v) is 11.3. The second-order valence-corrected chi connectivity index (χ2v) is 8.36. The molecular weight excluding hydrogens is 453 g/mol. The molecule has 4 rings (SSSR count). The van der Waals surface area contributed by atoms with Gasteiger partial charge in [-0.15, -0.1) is 0 Å². The van der Waals surface area contributed by atoms with Crippen LogP contribution in [-0.4, -0.2) is 59.6 Å². The van der Waals surface area contributed by atoms with Crippen LogP contribution in [0.15, 0.2) is 42.5 Å². The molecule has 1 aliphatic rings. The van der Waals surface area contributed by atoms with Gasteiger partial charge in [0.15, 0.2) is 0 Å². The van der Waals surface area contributed by atoms with Gasteiger partial charge in [0.05, 0.1) is 5.69 Å². The largest absolute Gasteiger partial charge is 0.344 e. The van der Waals surface area contributed by atoms with Crippen molar-refractivity contribution in [3.05, 3.63) is 71.3 Å². The number of anilines is 2. The topological polar surface area (TPSA) is 73.4 Å². The maximum absolute atomic E-state index is 13.6. The van der Waals surface area contributed by atoms with Gasteiger partial charge in [0.25, 0.3) is 0 Å². The Morgan fingerprint density at radius 3 is 2.45 bits per heavy atom. The van der Waals surface area contributed by atoms with Crippen LogP contribution in [0.3, 0.4) is 0 Å². The summed E-state index contributed by atoms with van der Waals surface area (Å²) in [5.74, 6) is -1.06. The van der Waals surface area contributed by atoms with Crippen LogP contribution in [0.5, 0.6) is 0 Å². The Bertz CT molecular complexity index is 1090. The minimum atomic E-state index is -0.821. The summed E-state index contributed by atoms with van der Waals surface area (Å²) >= 11 is 1.36. The van der Waals surface area contributed by atoms with Crippen LogP contribution in [0.2, 0.25) is 0 Å². The van der Waals surface area contributed by atoms with E-state index in [1.165, 1.54) is 29.7 Å². The first-order valence-electron chi connectivity index (χ1n) is 10.5. The Hall–Kier alpha value is -3.18. The summed E-state index contributed by atoms with van der Waals surface area (Å²) in [5, 5.41) is 5.93. The van der Waals surface area contributed by atoms with Gasteiger partial charge in [-0.3, -0.25) is 4.90 Å². The van der Waals surface area contributed by atoms with Crippen molar-refractivity contribution < 1.29 is 18.0 Å². The van der Waals surface area contributed by atoms with Crippen LogP contribution in [-0.2, 0) is 6.42 Å². The van der Waals surface area contributed by atoms with Crippen LogP contribution >= 0.6 is 11.5 Å². The van der Waals surface area contributed by atoms with Crippen molar-refractivity contribution in [3.63, 3.8) is 0 Å². The SMILES string of the molecule is O=C(NCCN1CCN(c2nc(Cc3ccc(F)cc3)ns2)CC1)Nc1ccc(F)cc1F. The van der Waals surface area contributed by atoms with Crippen molar-refractivity contribution in [1.29, 1.82) is 0 Å². The molecule has 2 aromatic carbocycles. The maximum atomic E-state index is 13.6. The van der Waals surface area contributed by atoms with Crippen molar-refractivity contribution in [1.82, 2.24) is 19.6 Å². The zero-order valence-corrected chi connectivity index (χ0v) is 18.5. The fourth-order valence-electron chi connectivity index (χ4n) is 3.48. The Morgan fingerprint density at radius 2 is 1.73 bits per heavy atom. The third-order valence-electron chi connectivity index (χ3n) is 5.27. The molecule has 1 aliphatic heterocycles. The van der Waals surface area contributed by atoms with Crippen molar-refractivity contribution >= 4 is 28.4 Å². The van der Waals surface area contributed by atoms with Gasteiger partial charge in [-0.1, -0.05) is 12.1 Å². The van der Waals surface area contributed by atoms with E-state index in [0.29, 0.717) is 19.5 Å². The lowest BCUT2D eigenvalue weighted by atomic mass is 10.1. The highest BCUT2D eigenvalue weighted by atomic mass is 32.1. The van der Waals surface area contributed by atoms with Crippen molar-refractivity contribution in [2.45, 2.75) is 6.42 Å². The lowest BCUT2D eigenvalue weighted by Crippen LogP contribution is -2.48. The van der Waals surface area contributed by atoms with Crippen LogP contribution in [0, 0.1) is 17.5 Å². The van der Waals surface area contributed by atoms with Crippen LogP contribution < -0.4 is 15.5 Å². The summed E-state index contributed by atoms with van der Waals surface area (Å²) in [5.41, 5.74) is 0.891. The standard InChI is InChI=1S/C22H23F3N6OS/c23-16-3-1-15(2-4-16)13-20-28-22(33-29-20)31-11-9-30(10-12-31)8-7-26-21(32)27-19-6-5-17(24)14-18(19)25/h1-6,14H,7-13H2,(H2,26,27,32). The van der Waals surface area contributed by atoms with Gasteiger partial charge >= 0.3 is 6.03 Å². The first-order chi connectivity index (χ1) is 16.0. The van der Waals surface area contributed by atoms with E-state index in [-0.39, 0.29) is 11.5 Å². The molecule has 7 nitrogen and oxygen atoms in total. The Kier molecular flexibility index (Phi) is 7.40. The number of hydrogen-bond acceptors (Lipinski definition) is 6. The predicted octanol–water partition coefficient (Wildman–Crippen LogP) is 3.49. The number of nitrogens with one attached hydrogen (secondary N) is 2. The molecule has 0 spiro atoms. The number of hydrogen-bond donors (Lipinski definition) is 2. The van der Waals surface area contributed by atoms with Crippen molar-refractivity contribution in [3.8, 4) is 0 Å². The van der Waals surface area contributed by atoms with E-state index in [9.17, 15) is 18.0 Å². The molecule has 0 aliphatic carbocycles. The maximum Gasteiger partial charge on any atom is 0.319 e. The smallest absolute Gasteiger partial charge is 0.319 e. The van der Waals surface area contributed by atoms with Gasteiger partial charge in [-0.25, -0.2) is 22.9 Å². The van der Waals surface area contributed by atoms with E-state index in [2.05, 4.69) is 29.8 Å². The summed E-state index contributed by atoms with van der Waals surface area (Å²) in [6.07, 6.45) is 0.562. The molecule has 0 saturated carbocycles. The molecule has 2 heterocycles. The molecule has 3 aromatic rings. The average Bonchev–Trinajstić information content (AvgIpc) is 3.26. The summed E-state index contributed by atoms with van der Waals surface area (Å²) in [7, 11) is 0. The number of amides is 2. The molecule has 2 N–H and O–H groups in total. The number of carbonyl (C=O) groups excluding carboxylic acids is 1. The van der Waals surface area contributed by atoms with E-state index in [1.807, 2.05) is 0 Å². The Balaban J connectivity index is 1.17. The fourth-order valence-corrected chi connectivity index (χ4v) is 4.21. The quantitative estimate of drug-likeness (QED) is 0.546. The Labute approximate surface area is 193 Å². The molecule has 1 fully saturated rings. The number of aromatic nitrogens is 2. The summed E-state index contributed by atoms with van der Waals surface area (Å²) < 4.78 is 44.0. The number of rotatable bonds is 7. The van der Waals surface area contributed by atoms with Gasteiger partial charge < -0.3 is 15.5 Å². The van der Waals surface area contributed by atoms with Crippen LogP contribution in [0.4, 0.5) is 28.8 Å². The van der Waals surface area contributed by atoms with Gasteiger partial charge in [0.1, 0.15) is 23.3 Å². The highest BCUT2D eigenvalue weighted by Crippen LogP contribution is 2.20. The Morgan fingerprint density at radius 1 is 1.00 bits per heavy atom. The highest BCUT2D eigenvalue weighted by molar-refractivity contribution is 7.09. The molecule has 1 aromatic heterocycles. The number of urea groups is 1. The van der Waals surface area contributed by atoms with Gasteiger partial charge in [-0.05, 0) is 29.8 Å². The normalized spacial score (nSPS) is 14.3. The van der Waals surface area contributed by atoms with Crippen molar-refractivity contribution in [2.75, 3.05) is 49.5 Å². The summed E-state index contributed by atoms with van der Waals surface area (Å²) in [6, 6.07) is 8.78. The van der Waals surface area contributed by atoms with Crippen molar-refractivity contribution in [2.24, 2.45) is 0 Å². The highest BCUT2D eigenvalue weighted by Gasteiger charge is 2.20. The molecule has 0 unspecified atom stereocenters. The lowest BCUT2D eigenvalue weighted by Gasteiger charge is -2.34. The van der Waals surface area contributed by atoms with Crippen LogP contribution in [0.1, 0.15) is 11.4 Å². The second kappa shape index (κ2) is 10.6. The van der Waals surface area contributed by atoms with Crippen LogP contribution in [0.25, 0.3) is 0 Å². The molecule has 1 saturated heterocycles. The van der Waals surface area contributed by atoms with Gasteiger partial charge in [-0.2, -0.15) is 4.37 Å². The molecule has 11 heteroatoms. The average molecular weight is 477 g/mol. The molecule has 2 amide bonds. The van der Waals surface area contributed by atoms with E-state index < -0.39 is 17.7 Å². The minimum absolute atomic E-state index is 0.0710. The van der Waals surface area contributed by atoms with E-state index in [1.54, 1.807) is 12.1 Å². The number of halogens is 3. The third kappa shape index (κ3) is 6.42. The summed E-state index contributed by atoms with van der Waals surface area (Å²) in [6.45, 7) is 4.25. The molecule has 0 atom stereocenters. The predicted molar refractivity (Wildman–Crippen MR) is 121 cm³/mol. The number of piperazine rings is 1. The fraction of sp³-hybridized carbons (Fsp3) is 0.318. The molecule has 0 bridgehead atoms. The summed E-state index contributed by atoms with van der Waals surface area (Å²) in [4.78, 5) is 21.0. The third-order valence-corrected chi connectivity index (χ3v) is 6.08. The number of benzene rings is 2. The zero-order valence-electron chi connectivity index (χ0n) is 17.7. The molecule has 174 valence electrons. The number of nitrogens with zero attached hydrogens (tertiary/aromatic N) is 4. The van der Waals surface area contributed by atoms with E-state index in [4.69, 9.17) is 0 Å². The van der Waals surface area contributed by atoms with Gasteiger partial charge in [0.2, 0.25) is 5.13 Å². The minimum Gasteiger partial charge on any atom is -0.344 e. The van der Waals surface area contributed by atoms with E-state index in [0.717, 1.165) is 54.8 Å². The molecule has 0 radical (unpaired) electrons.